The van der Waals surface area contributed by atoms with Gasteiger partial charge in [-0.3, -0.25) is 0 Å². The zero-order chi connectivity index (χ0) is 12.3. The van der Waals surface area contributed by atoms with Gasteiger partial charge < -0.3 is 9.84 Å². The highest BCUT2D eigenvalue weighted by atomic mass is 32.1. The Hall–Kier alpha value is -1.13. The van der Waals surface area contributed by atoms with E-state index in [0.29, 0.717) is 0 Å². The van der Waals surface area contributed by atoms with Crippen molar-refractivity contribution in [3.63, 3.8) is 0 Å². The minimum absolute atomic E-state index is 0.822. The minimum atomic E-state index is 0.822. The van der Waals surface area contributed by atoms with Gasteiger partial charge >= 0.3 is 0 Å². The van der Waals surface area contributed by atoms with Gasteiger partial charge in [-0.25, -0.2) is 0 Å². The van der Waals surface area contributed by atoms with E-state index in [1.165, 1.54) is 16.0 Å². The monoisotopic (exact) mass is 250 g/mol. The second kappa shape index (κ2) is 5.47. The summed E-state index contributed by atoms with van der Waals surface area (Å²) in [6, 6.07) is 2.21. The summed E-state index contributed by atoms with van der Waals surface area (Å²) in [6.07, 6.45) is 1.10. The van der Waals surface area contributed by atoms with Crippen molar-refractivity contribution in [1.29, 1.82) is 0 Å². The number of nitrogens with one attached hydrogen (secondary N) is 1. The molecule has 0 aliphatic carbocycles. The number of rotatable bonds is 5. The molecule has 17 heavy (non-hydrogen) atoms. The van der Waals surface area contributed by atoms with Gasteiger partial charge in [0.2, 0.25) is 0 Å². The van der Waals surface area contributed by atoms with Gasteiger partial charge in [0, 0.05) is 23.5 Å². The molecule has 0 saturated heterocycles. The van der Waals surface area contributed by atoms with Crippen molar-refractivity contribution in [2.75, 3.05) is 0 Å². The molecule has 1 N–H and O–H groups in total. The predicted molar refractivity (Wildman–Crippen MR) is 70.2 cm³/mol. The van der Waals surface area contributed by atoms with Crippen molar-refractivity contribution in [3.05, 3.63) is 38.9 Å². The van der Waals surface area contributed by atoms with Crippen molar-refractivity contribution >= 4 is 11.3 Å². The van der Waals surface area contributed by atoms with Crippen LogP contribution < -0.4 is 5.32 Å². The van der Waals surface area contributed by atoms with Crippen molar-refractivity contribution < 1.29 is 4.52 Å². The van der Waals surface area contributed by atoms with Gasteiger partial charge in [-0.2, -0.15) is 0 Å². The molecule has 2 rings (SSSR count). The number of aryl methyl sites for hydroxylation is 3. The van der Waals surface area contributed by atoms with Crippen molar-refractivity contribution in [2.45, 2.75) is 40.3 Å². The highest BCUT2D eigenvalue weighted by molar-refractivity contribution is 7.10. The molecule has 0 aromatic carbocycles. The third-order valence-electron chi connectivity index (χ3n) is 2.99. The molecule has 0 unspecified atom stereocenters. The average Bonchev–Trinajstić information content (AvgIpc) is 2.89. The molecule has 2 heterocycles. The van der Waals surface area contributed by atoms with Gasteiger partial charge in [-0.1, -0.05) is 12.1 Å². The van der Waals surface area contributed by atoms with Crippen molar-refractivity contribution in [1.82, 2.24) is 10.5 Å². The Morgan fingerprint density at radius 1 is 1.35 bits per heavy atom. The van der Waals surface area contributed by atoms with E-state index in [-0.39, 0.29) is 0 Å². The van der Waals surface area contributed by atoms with Crippen LogP contribution in [0.2, 0.25) is 0 Å². The van der Waals surface area contributed by atoms with E-state index in [0.717, 1.165) is 31.0 Å². The Bertz CT molecular complexity index is 468. The predicted octanol–water partition coefficient (Wildman–Crippen LogP) is 3.21. The number of hydrogen-bond donors (Lipinski definition) is 1. The second-order valence-electron chi connectivity index (χ2n) is 4.13. The van der Waals surface area contributed by atoms with Crippen LogP contribution in [0.25, 0.3) is 0 Å². The fourth-order valence-electron chi connectivity index (χ4n) is 1.89. The Morgan fingerprint density at radius 2 is 2.18 bits per heavy atom. The SMILES string of the molecule is CCc1ccsc1CNCc1c(C)noc1C. The third-order valence-corrected chi connectivity index (χ3v) is 3.95. The highest BCUT2D eigenvalue weighted by Gasteiger charge is 2.08. The molecule has 0 radical (unpaired) electrons. The summed E-state index contributed by atoms with van der Waals surface area (Å²) in [5, 5.41) is 9.57. The molecule has 0 aliphatic rings. The molecule has 92 valence electrons. The van der Waals surface area contributed by atoms with Gasteiger partial charge in [0.05, 0.1) is 5.69 Å². The van der Waals surface area contributed by atoms with Gasteiger partial charge in [0.15, 0.2) is 0 Å². The summed E-state index contributed by atoms with van der Waals surface area (Å²) in [5.74, 6) is 0.914. The van der Waals surface area contributed by atoms with Gasteiger partial charge in [-0.15, -0.1) is 11.3 Å². The van der Waals surface area contributed by atoms with E-state index in [2.05, 4.69) is 28.8 Å². The number of thiophene rings is 1. The number of hydrogen-bond acceptors (Lipinski definition) is 4. The van der Waals surface area contributed by atoms with Gasteiger partial charge in [0.1, 0.15) is 5.76 Å². The Balaban J connectivity index is 1.92. The highest BCUT2D eigenvalue weighted by Crippen LogP contribution is 2.17. The topological polar surface area (TPSA) is 38.1 Å². The minimum Gasteiger partial charge on any atom is -0.361 e. The number of aromatic nitrogens is 1. The Morgan fingerprint density at radius 3 is 2.82 bits per heavy atom. The van der Waals surface area contributed by atoms with Crippen LogP contribution >= 0.6 is 11.3 Å². The molecular weight excluding hydrogens is 232 g/mol. The van der Waals surface area contributed by atoms with E-state index >= 15 is 0 Å². The van der Waals surface area contributed by atoms with Crippen LogP contribution in [0.1, 0.15) is 34.4 Å². The zero-order valence-corrected chi connectivity index (χ0v) is 11.4. The maximum Gasteiger partial charge on any atom is 0.138 e. The quantitative estimate of drug-likeness (QED) is 0.885. The lowest BCUT2D eigenvalue weighted by atomic mass is 10.2. The lowest BCUT2D eigenvalue weighted by Crippen LogP contribution is -2.13. The van der Waals surface area contributed by atoms with E-state index < -0.39 is 0 Å². The Labute approximate surface area is 106 Å². The second-order valence-corrected chi connectivity index (χ2v) is 5.13. The largest absolute Gasteiger partial charge is 0.361 e. The maximum atomic E-state index is 5.14. The zero-order valence-electron chi connectivity index (χ0n) is 10.5. The van der Waals surface area contributed by atoms with E-state index in [4.69, 9.17) is 4.52 Å². The first-order chi connectivity index (χ1) is 8.22. The summed E-state index contributed by atoms with van der Waals surface area (Å²) in [4.78, 5) is 1.43. The standard InChI is InChI=1S/C13H18N2OS/c1-4-11-5-6-17-13(11)8-14-7-12-9(2)15-16-10(12)3/h5-6,14H,4,7-8H2,1-3H3. The van der Waals surface area contributed by atoms with Crippen molar-refractivity contribution in [2.24, 2.45) is 0 Å². The molecule has 2 aromatic heterocycles. The summed E-state index contributed by atoms with van der Waals surface area (Å²) < 4.78 is 5.14. The molecule has 0 fully saturated rings. The summed E-state index contributed by atoms with van der Waals surface area (Å²) in [7, 11) is 0. The fraction of sp³-hybridized carbons (Fsp3) is 0.462. The smallest absolute Gasteiger partial charge is 0.138 e. The third kappa shape index (κ3) is 2.76. The van der Waals surface area contributed by atoms with Crippen LogP contribution in [0.4, 0.5) is 0 Å². The number of nitrogens with zero attached hydrogens (tertiary/aromatic N) is 1. The molecule has 0 atom stereocenters. The molecule has 4 heteroatoms. The van der Waals surface area contributed by atoms with Crippen LogP contribution in [0.5, 0.6) is 0 Å². The molecule has 0 bridgehead atoms. The molecule has 2 aromatic rings. The van der Waals surface area contributed by atoms with Crippen molar-refractivity contribution in [3.8, 4) is 0 Å². The van der Waals surface area contributed by atoms with E-state index in [1.54, 1.807) is 0 Å². The average molecular weight is 250 g/mol. The summed E-state index contributed by atoms with van der Waals surface area (Å²) in [5.41, 5.74) is 3.61. The fourth-order valence-corrected chi connectivity index (χ4v) is 2.84. The van der Waals surface area contributed by atoms with Crippen LogP contribution in [-0.2, 0) is 19.5 Å². The first kappa shape index (κ1) is 12.3. The van der Waals surface area contributed by atoms with Crippen LogP contribution in [0, 0.1) is 13.8 Å². The molecule has 0 aliphatic heterocycles. The van der Waals surface area contributed by atoms with E-state index in [9.17, 15) is 0 Å². The maximum absolute atomic E-state index is 5.14. The molecule has 0 saturated carbocycles. The normalized spacial score (nSPS) is 11.0. The van der Waals surface area contributed by atoms with E-state index in [1.807, 2.05) is 25.2 Å². The molecule has 3 nitrogen and oxygen atoms in total. The Kier molecular flexibility index (Phi) is 3.97. The summed E-state index contributed by atoms with van der Waals surface area (Å²) >= 11 is 1.82. The molecule has 0 spiro atoms. The molecular formula is C13H18N2OS. The van der Waals surface area contributed by atoms with Crippen LogP contribution in [0.3, 0.4) is 0 Å². The first-order valence-electron chi connectivity index (χ1n) is 5.90. The summed E-state index contributed by atoms with van der Waals surface area (Å²) in [6.45, 7) is 7.88. The molecule has 0 amide bonds. The van der Waals surface area contributed by atoms with Crippen LogP contribution in [-0.4, -0.2) is 5.16 Å². The van der Waals surface area contributed by atoms with Gasteiger partial charge in [0.25, 0.3) is 0 Å². The lowest BCUT2D eigenvalue weighted by molar-refractivity contribution is 0.392. The van der Waals surface area contributed by atoms with Crippen LogP contribution in [0.15, 0.2) is 16.0 Å². The lowest BCUT2D eigenvalue weighted by Gasteiger charge is -2.04. The first-order valence-corrected chi connectivity index (χ1v) is 6.78. The van der Waals surface area contributed by atoms with Gasteiger partial charge in [-0.05, 0) is 37.3 Å².